The van der Waals surface area contributed by atoms with Gasteiger partial charge in [-0.3, -0.25) is 14.4 Å². The van der Waals surface area contributed by atoms with Crippen molar-refractivity contribution in [1.82, 2.24) is 15.2 Å². The largest absolute Gasteiger partial charge is 0.491 e. The zero-order valence-corrected chi connectivity index (χ0v) is 21.2. The summed E-state index contributed by atoms with van der Waals surface area (Å²) >= 11 is 0. The molecule has 0 bridgehead atoms. The van der Waals surface area contributed by atoms with Crippen LogP contribution in [0.1, 0.15) is 25.8 Å². The normalized spacial score (nSPS) is 20.2. The second-order valence-electron chi connectivity index (χ2n) is 10.1. The van der Waals surface area contributed by atoms with Crippen LogP contribution < -0.4 is 15.8 Å². The van der Waals surface area contributed by atoms with Crippen LogP contribution in [0.5, 0.6) is 5.75 Å². The number of nitrogens with two attached hydrogens (primary N) is 1. The lowest BCUT2D eigenvalue weighted by Gasteiger charge is -2.40. The molecule has 0 aliphatic carbocycles. The minimum absolute atomic E-state index is 0.112. The average Bonchev–Trinajstić information content (AvgIpc) is 3.10. The first-order valence-electron chi connectivity index (χ1n) is 12.2. The number of hydrogen-bond acceptors (Lipinski definition) is 6. The Balaban J connectivity index is 1.58. The van der Waals surface area contributed by atoms with Crippen LogP contribution in [0.2, 0.25) is 0 Å². The molecule has 3 amide bonds. The summed E-state index contributed by atoms with van der Waals surface area (Å²) in [6, 6.07) is 14.0. The van der Waals surface area contributed by atoms with Gasteiger partial charge in [-0.25, -0.2) is 9.40 Å². The molecule has 9 nitrogen and oxygen atoms in total. The van der Waals surface area contributed by atoms with Gasteiger partial charge >= 0.3 is 0 Å². The summed E-state index contributed by atoms with van der Waals surface area (Å²) in [6.07, 6.45) is 0.814. The molecule has 196 valence electrons. The van der Waals surface area contributed by atoms with Crippen LogP contribution in [0.25, 0.3) is 0 Å². The number of halogens is 1. The summed E-state index contributed by atoms with van der Waals surface area (Å²) in [5.74, 6) is -1.39. The highest BCUT2D eigenvalue weighted by atomic mass is 19.1. The minimum Gasteiger partial charge on any atom is -0.491 e. The van der Waals surface area contributed by atoms with Gasteiger partial charge in [0.05, 0.1) is 11.3 Å². The molecule has 37 heavy (non-hydrogen) atoms. The lowest BCUT2D eigenvalue weighted by molar-refractivity contribution is -0.143. The van der Waals surface area contributed by atoms with Crippen molar-refractivity contribution in [3.05, 3.63) is 66.0 Å². The molecule has 2 aromatic rings. The molecule has 0 aromatic heterocycles. The van der Waals surface area contributed by atoms with Gasteiger partial charge < -0.3 is 20.7 Å². The molecule has 1 saturated heterocycles. The predicted molar refractivity (Wildman–Crippen MR) is 136 cm³/mol. The molecule has 0 saturated carbocycles. The zero-order valence-electron chi connectivity index (χ0n) is 21.2. The molecule has 10 heteroatoms. The van der Waals surface area contributed by atoms with Gasteiger partial charge in [-0.2, -0.15) is 5.10 Å². The summed E-state index contributed by atoms with van der Waals surface area (Å²) in [4.78, 5) is 41.4. The molecule has 1 fully saturated rings. The van der Waals surface area contributed by atoms with E-state index in [1.54, 1.807) is 18.0 Å². The lowest BCUT2D eigenvalue weighted by atomic mass is 9.73. The molecule has 2 atom stereocenters. The number of likely N-dealkylation sites (tertiary alicyclic amines) is 1. The number of fused-ring (bicyclic) bond motifs is 1. The van der Waals surface area contributed by atoms with Gasteiger partial charge in [-0.05, 0) is 38.0 Å². The van der Waals surface area contributed by atoms with Gasteiger partial charge in [0, 0.05) is 32.6 Å². The van der Waals surface area contributed by atoms with Crippen LogP contribution in [0.15, 0.2) is 59.7 Å². The predicted octanol–water partition coefficient (Wildman–Crippen LogP) is 1.72. The lowest BCUT2D eigenvalue weighted by Crippen LogP contribution is -2.62. The minimum atomic E-state index is -1.24. The van der Waals surface area contributed by atoms with E-state index < -0.39 is 34.6 Å². The zero-order chi connectivity index (χ0) is 26.8. The van der Waals surface area contributed by atoms with Crippen molar-refractivity contribution in [2.24, 2.45) is 16.3 Å². The number of hydrazone groups is 1. The van der Waals surface area contributed by atoms with Gasteiger partial charge in [0.15, 0.2) is 0 Å². The Kier molecular flexibility index (Phi) is 7.31. The van der Waals surface area contributed by atoms with E-state index in [4.69, 9.17) is 10.5 Å². The fourth-order valence-corrected chi connectivity index (χ4v) is 4.69. The Morgan fingerprint density at radius 2 is 1.95 bits per heavy atom. The van der Waals surface area contributed by atoms with Crippen molar-refractivity contribution in [1.29, 1.82) is 0 Å². The van der Waals surface area contributed by atoms with Gasteiger partial charge in [0.1, 0.15) is 29.6 Å². The van der Waals surface area contributed by atoms with Crippen molar-refractivity contribution in [3.8, 4) is 5.75 Å². The van der Waals surface area contributed by atoms with E-state index in [1.165, 1.54) is 37.1 Å². The van der Waals surface area contributed by atoms with E-state index >= 15 is 0 Å². The van der Waals surface area contributed by atoms with E-state index in [0.717, 1.165) is 11.3 Å². The molecular formula is C27H32FN5O4. The number of hydrogen-bond donors (Lipinski definition) is 2. The van der Waals surface area contributed by atoms with Crippen molar-refractivity contribution >= 4 is 23.4 Å². The summed E-state index contributed by atoms with van der Waals surface area (Å²) < 4.78 is 19.3. The maximum atomic E-state index is 13.8. The Morgan fingerprint density at radius 1 is 1.22 bits per heavy atom. The van der Waals surface area contributed by atoms with Crippen molar-refractivity contribution in [2.75, 3.05) is 26.7 Å². The number of nitrogens with one attached hydrogen (secondary N) is 1. The summed E-state index contributed by atoms with van der Waals surface area (Å²) in [5.41, 5.74) is 5.42. The van der Waals surface area contributed by atoms with Gasteiger partial charge in [-0.1, -0.05) is 36.4 Å². The molecule has 3 N–H and O–H groups in total. The maximum absolute atomic E-state index is 13.8. The molecule has 2 aliphatic rings. The average molecular weight is 510 g/mol. The first-order chi connectivity index (χ1) is 17.5. The topological polar surface area (TPSA) is 117 Å². The van der Waals surface area contributed by atoms with E-state index in [1.807, 2.05) is 30.3 Å². The van der Waals surface area contributed by atoms with Crippen LogP contribution in [0.4, 0.5) is 4.39 Å². The number of carbonyl (C=O) groups excluding carboxylic acids is 3. The van der Waals surface area contributed by atoms with Gasteiger partial charge in [-0.15, -0.1) is 0 Å². The van der Waals surface area contributed by atoms with Crippen molar-refractivity contribution in [2.45, 2.75) is 38.3 Å². The first kappa shape index (κ1) is 26.3. The SMILES string of the molecule is CN1N=C2CCN(C(=O)[C@@H](COc3cccc(F)c3)NC(=O)C(C)(C)N)C[C@@]2(Cc2ccccc2)C1=O. The van der Waals surface area contributed by atoms with Crippen LogP contribution in [-0.2, 0) is 20.8 Å². The maximum Gasteiger partial charge on any atom is 0.256 e. The quantitative estimate of drug-likeness (QED) is 0.562. The second kappa shape index (κ2) is 10.3. The molecule has 0 radical (unpaired) electrons. The monoisotopic (exact) mass is 509 g/mol. The van der Waals surface area contributed by atoms with E-state index in [0.29, 0.717) is 19.4 Å². The molecule has 2 aromatic carbocycles. The van der Waals surface area contributed by atoms with Crippen LogP contribution >= 0.6 is 0 Å². The third-order valence-corrected chi connectivity index (χ3v) is 6.67. The smallest absolute Gasteiger partial charge is 0.256 e. The summed E-state index contributed by atoms with van der Waals surface area (Å²) in [5, 5.41) is 8.50. The third-order valence-electron chi connectivity index (χ3n) is 6.67. The highest BCUT2D eigenvalue weighted by Crippen LogP contribution is 2.38. The first-order valence-corrected chi connectivity index (χ1v) is 12.2. The molecular weight excluding hydrogens is 477 g/mol. The summed E-state index contributed by atoms with van der Waals surface area (Å²) in [7, 11) is 1.62. The number of ether oxygens (including phenoxy) is 1. The third kappa shape index (κ3) is 5.64. The Morgan fingerprint density at radius 3 is 2.62 bits per heavy atom. The van der Waals surface area contributed by atoms with Gasteiger partial charge in [0.25, 0.3) is 5.91 Å². The highest BCUT2D eigenvalue weighted by molar-refractivity contribution is 6.13. The molecule has 4 rings (SSSR count). The standard InChI is InChI=1S/C27H32FN5O4/c1-26(2,29)24(35)30-21(16-37-20-11-7-10-19(28)14-20)23(34)33-13-12-22-27(17-33,25(36)32(3)31-22)15-18-8-5-4-6-9-18/h4-11,14,21H,12-13,15-17,29H2,1-3H3,(H,30,35)/t21-,27-/m1/s1. The fourth-order valence-electron chi connectivity index (χ4n) is 4.69. The highest BCUT2D eigenvalue weighted by Gasteiger charge is 2.54. The van der Waals surface area contributed by atoms with E-state index in [-0.39, 0.29) is 24.8 Å². The Bertz CT molecular complexity index is 1210. The number of piperidine rings is 1. The number of rotatable bonds is 8. The molecule has 2 aliphatic heterocycles. The fraction of sp³-hybridized carbons (Fsp3) is 0.407. The van der Waals surface area contributed by atoms with Crippen LogP contribution in [0.3, 0.4) is 0 Å². The number of nitrogens with zero attached hydrogens (tertiary/aromatic N) is 3. The van der Waals surface area contributed by atoms with E-state index in [2.05, 4.69) is 10.4 Å². The Labute approximate surface area is 215 Å². The molecule has 0 spiro atoms. The molecule has 0 unspecified atom stereocenters. The van der Waals surface area contributed by atoms with Gasteiger partial charge in [0.2, 0.25) is 11.8 Å². The Hall–Kier alpha value is -3.79. The molecule has 2 heterocycles. The number of amides is 3. The number of benzene rings is 2. The van der Waals surface area contributed by atoms with E-state index in [9.17, 15) is 18.8 Å². The summed E-state index contributed by atoms with van der Waals surface area (Å²) in [6.45, 7) is 3.27. The number of carbonyl (C=O) groups is 3. The second-order valence-corrected chi connectivity index (χ2v) is 10.1. The van der Waals surface area contributed by atoms with Crippen LogP contribution in [-0.4, -0.2) is 71.7 Å². The van der Waals surface area contributed by atoms with Crippen LogP contribution in [0, 0.1) is 11.2 Å². The van der Waals surface area contributed by atoms with Crippen molar-refractivity contribution in [3.63, 3.8) is 0 Å². The van der Waals surface area contributed by atoms with Crippen molar-refractivity contribution < 1.29 is 23.5 Å².